The van der Waals surface area contributed by atoms with Gasteiger partial charge in [0.05, 0.1) is 20.8 Å². The van der Waals surface area contributed by atoms with Gasteiger partial charge in [0, 0.05) is 37.0 Å². The minimum atomic E-state index is -0.594. The van der Waals surface area contributed by atoms with Crippen molar-refractivity contribution in [2.24, 2.45) is 0 Å². The number of nitrogens with zero attached hydrogens (tertiary/aromatic N) is 6. The molecule has 2 aromatic heterocycles. The van der Waals surface area contributed by atoms with Gasteiger partial charge in [-0.05, 0) is 48.8 Å². The number of anilines is 1. The summed E-state index contributed by atoms with van der Waals surface area (Å²) in [7, 11) is 0. The summed E-state index contributed by atoms with van der Waals surface area (Å²) in [5, 5.41) is 27.3. The quantitative estimate of drug-likeness (QED) is 0.241. The molecule has 0 atom stereocenters. The van der Waals surface area contributed by atoms with E-state index in [0.29, 0.717) is 30.4 Å². The van der Waals surface area contributed by atoms with Gasteiger partial charge < -0.3 is 9.88 Å². The van der Waals surface area contributed by atoms with Gasteiger partial charge >= 0.3 is 0 Å². The second-order valence-corrected chi connectivity index (χ2v) is 9.00. The third-order valence-electron chi connectivity index (χ3n) is 4.71. The first kappa shape index (κ1) is 24.2. The zero-order chi connectivity index (χ0) is 23.4. The number of hydrogen-bond donors (Lipinski definition) is 1. The number of hydrogen-bond acceptors (Lipinski definition) is 7. The van der Waals surface area contributed by atoms with Crippen LogP contribution in [0.4, 0.5) is 11.4 Å². The zero-order valence-corrected chi connectivity index (χ0v) is 20.8. The maximum Gasteiger partial charge on any atom is 0.289 e. The molecular weight excluding hydrogens is 522 g/mol. The van der Waals surface area contributed by atoms with Crippen molar-refractivity contribution in [3.05, 3.63) is 55.0 Å². The molecule has 10 nitrogen and oxygen atoms in total. The number of aryl methyl sites for hydroxylation is 3. The molecule has 3 rings (SSSR count). The van der Waals surface area contributed by atoms with Crippen LogP contribution in [-0.2, 0) is 24.3 Å². The molecule has 2 heterocycles. The van der Waals surface area contributed by atoms with Gasteiger partial charge in [-0.1, -0.05) is 23.4 Å². The first-order chi connectivity index (χ1) is 15.2. The van der Waals surface area contributed by atoms with Crippen LogP contribution in [0.15, 0.2) is 27.8 Å². The van der Waals surface area contributed by atoms with Gasteiger partial charge in [0.1, 0.15) is 10.8 Å². The van der Waals surface area contributed by atoms with Gasteiger partial charge in [0.15, 0.2) is 5.16 Å². The fraction of sp³-hybridized carbons (Fsp3) is 0.368. The number of amides is 1. The molecule has 3 aromatic rings. The van der Waals surface area contributed by atoms with Gasteiger partial charge in [-0.25, -0.2) is 0 Å². The van der Waals surface area contributed by atoms with Crippen molar-refractivity contribution in [2.45, 2.75) is 45.4 Å². The van der Waals surface area contributed by atoms with E-state index in [4.69, 9.17) is 11.6 Å². The minimum Gasteiger partial charge on any atom is -0.325 e. The predicted octanol–water partition coefficient (Wildman–Crippen LogP) is 4.41. The highest BCUT2D eigenvalue weighted by Gasteiger charge is 2.17. The third kappa shape index (κ3) is 5.48. The summed E-state index contributed by atoms with van der Waals surface area (Å²) in [5.74, 6) is 0.581. The predicted molar refractivity (Wildman–Crippen MR) is 126 cm³/mol. The summed E-state index contributed by atoms with van der Waals surface area (Å²) in [6, 6.07) is 4.13. The SMILES string of the molecule is CCn1c(CCn2nc(C)c(Br)c2C)nnc1SCC(=O)Nc1ccc(Cl)c([N+](=O)[O-])c1. The van der Waals surface area contributed by atoms with Gasteiger partial charge in [0.25, 0.3) is 5.69 Å². The highest BCUT2D eigenvalue weighted by molar-refractivity contribution is 9.10. The van der Waals surface area contributed by atoms with Crippen LogP contribution in [0.3, 0.4) is 0 Å². The number of nitro groups is 1. The average Bonchev–Trinajstić information content (AvgIpc) is 3.26. The maximum atomic E-state index is 12.3. The lowest BCUT2D eigenvalue weighted by atomic mass is 10.3. The largest absolute Gasteiger partial charge is 0.325 e. The van der Waals surface area contributed by atoms with Crippen molar-refractivity contribution in [1.82, 2.24) is 24.5 Å². The summed E-state index contributed by atoms with van der Waals surface area (Å²) in [5.41, 5.74) is 2.04. The van der Waals surface area contributed by atoms with Crippen molar-refractivity contribution in [3.63, 3.8) is 0 Å². The van der Waals surface area contributed by atoms with E-state index in [-0.39, 0.29) is 22.4 Å². The Hall–Kier alpha value is -2.44. The Bertz CT molecular complexity index is 1160. The van der Waals surface area contributed by atoms with Crippen LogP contribution in [-0.4, -0.2) is 41.1 Å². The van der Waals surface area contributed by atoms with Crippen LogP contribution < -0.4 is 5.32 Å². The lowest BCUT2D eigenvalue weighted by molar-refractivity contribution is -0.384. The van der Waals surface area contributed by atoms with Gasteiger partial charge in [0.2, 0.25) is 5.91 Å². The number of aromatic nitrogens is 5. The van der Waals surface area contributed by atoms with Crippen molar-refractivity contribution >= 4 is 56.6 Å². The molecule has 0 unspecified atom stereocenters. The monoisotopic (exact) mass is 541 g/mol. The standard InChI is InChI=1S/C19H21BrClN7O3S/c1-4-26-16(7-8-27-12(3)18(20)11(2)25-27)23-24-19(26)32-10-17(29)22-13-5-6-14(21)15(9-13)28(30)31/h5-6,9H,4,7-8,10H2,1-3H3,(H,22,29). The first-order valence-corrected chi connectivity index (χ1v) is 11.8. The van der Waals surface area contributed by atoms with Crippen LogP contribution in [0.5, 0.6) is 0 Å². The highest BCUT2D eigenvalue weighted by Crippen LogP contribution is 2.27. The molecule has 32 heavy (non-hydrogen) atoms. The number of rotatable bonds is 9. The number of halogens is 2. The molecule has 1 aromatic carbocycles. The highest BCUT2D eigenvalue weighted by atomic mass is 79.9. The fourth-order valence-corrected chi connectivity index (χ4v) is 4.38. The zero-order valence-electron chi connectivity index (χ0n) is 17.6. The molecule has 170 valence electrons. The number of carbonyl (C=O) groups is 1. The van der Waals surface area contributed by atoms with E-state index in [0.717, 1.165) is 21.7 Å². The van der Waals surface area contributed by atoms with Crippen molar-refractivity contribution in [3.8, 4) is 0 Å². The van der Waals surface area contributed by atoms with E-state index in [2.05, 4.69) is 36.5 Å². The van der Waals surface area contributed by atoms with E-state index in [1.54, 1.807) is 0 Å². The summed E-state index contributed by atoms with van der Waals surface area (Å²) in [4.78, 5) is 22.7. The Morgan fingerprint density at radius 3 is 2.72 bits per heavy atom. The molecule has 0 aliphatic rings. The molecule has 13 heteroatoms. The summed E-state index contributed by atoms with van der Waals surface area (Å²) >= 11 is 10.6. The smallest absolute Gasteiger partial charge is 0.289 e. The molecule has 0 aliphatic carbocycles. The second kappa shape index (κ2) is 10.5. The third-order valence-corrected chi connectivity index (χ3v) is 7.14. The summed E-state index contributed by atoms with van der Waals surface area (Å²) < 4.78 is 4.90. The Balaban J connectivity index is 1.61. The molecule has 0 bridgehead atoms. The molecule has 0 fully saturated rings. The minimum absolute atomic E-state index is 0.0128. The van der Waals surface area contributed by atoms with Crippen molar-refractivity contribution in [1.29, 1.82) is 0 Å². The van der Waals surface area contributed by atoms with Gasteiger partial charge in [-0.3, -0.25) is 19.6 Å². The molecular formula is C19H21BrClN7O3S. The second-order valence-electron chi connectivity index (χ2n) is 6.86. The molecule has 1 N–H and O–H groups in total. The van der Waals surface area contributed by atoms with Crippen molar-refractivity contribution < 1.29 is 9.72 Å². The number of benzene rings is 1. The Morgan fingerprint density at radius 1 is 1.34 bits per heavy atom. The van der Waals surface area contributed by atoms with Crippen LogP contribution in [0, 0.1) is 24.0 Å². The average molecular weight is 543 g/mol. The fourth-order valence-electron chi connectivity index (χ4n) is 3.08. The number of nitro benzene ring substituents is 1. The van der Waals surface area contributed by atoms with Crippen molar-refractivity contribution in [2.75, 3.05) is 11.1 Å². The van der Waals surface area contributed by atoms with Gasteiger partial charge in [-0.15, -0.1) is 10.2 Å². The van der Waals surface area contributed by atoms with E-state index < -0.39 is 4.92 Å². The van der Waals surface area contributed by atoms with E-state index in [9.17, 15) is 14.9 Å². The lowest BCUT2D eigenvalue weighted by Crippen LogP contribution is -2.15. The topological polar surface area (TPSA) is 121 Å². The molecule has 0 saturated carbocycles. The molecule has 1 amide bonds. The lowest BCUT2D eigenvalue weighted by Gasteiger charge is -2.09. The molecule has 0 aliphatic heterocycles. The summed E-state index contributed by atoms with van der Waals surface area (Å²) in [6.07, 6.45) is 0.649. The maximum absolute atomic E-state index is 12.3. The van der Waals surface area contributed by atoms with Crippen LogP contribution in [0.1, 0.15) is 24.1 Å². The van der Waals surface area contributed by atoms with Crippen LogP contribution in [0.2, 0.25) is 5.02 Å². The Morgan fingerprint density at radius 2 is 2.09 bits per heavy atom. The normalized spacial score (nSPS) is 11.0. The van der Waals surface area contributed by atoms with E-state index in [1.807, 2.05) is 30.0 Å². The first-order valence-electron chi connectivity index (χ1n) is 9.69. The van der Waals surface area contributed by atoms with Crippen LogP contribution in [0.25, 0.3) is 0 Å². The Kier molecular flexibility index (Phi) is 7.91. The molecule has 0 saturated heterocycles. The number of carbonyl (C=O) groups excluding carboxylic acids is 1. The summed E-state index contributed by atoms with van der Waals surface area (Å²) in [6.45, 7) is 7.27. The van der Waals surface area contributed by atoms with Crippen LogP contribution >= 0.6 is 39.3 Å². The Labute approximate surface area is 202 Å². The number of nitrogens with one attached hydrogen (secondary N) is 1. The van der Waals surface area contributed by atoms with E-state index in [1.165, 1.54) is 30.0 Å². The van der Waals surface area contributed by atoms with E-state index >= 15 is 0 Å². The van der Waals surface area contributed by atoms with Gasteiger partial charge in [-0.2, -0.15) is 5.10 Å². The molecule has 0 spiro atoms. The number of thioether (sulfide) groups is 1. The molecule has 0 radical (unpaired) electrons.